The van der Waals surface area contributed by atoms with Crippen molar-refractivity contribution in [3.8, 4) is 0 Å². The molecule has 0 unspecified atom stereocenters. The number of aryl methyl sites for hydroxylation is 1. The van der Waals surface area contributed by atoms with Gasteiger partial charge < -0.3 is 4.55 Å². The van der Waals surface area contributed by atoms with Gasteiger partial charge in [0.25, 0.3) is 0 Å². The fourth-order valence-electron chi connectivity index (χ4n) is 2.29. The van der Waals surface area contributed by atoms with Gasteiger partial charge in [-0.1, -0.05) is 64.0 Å². The van der Waals surface area contributed by atoms with Gasteiger partial charge in [-0.25, -0.2) is 8.42 Å². The fraction of sp³-hybridized carbons (Fsp3) is 0.625. The second kappa shape index (κ2) is 11.3. The summed E-state index contributed by atoms with van der Waals surface area (Å²) < 4.78 is 32.4. The van der Waals surface area contributed by atoms with E-state index in [1.165, 1.54) is 57.1 Å². The van der Waals surface area contributed by atoms with E-state index < -0.39 is 10.1 Å². The molecule has 1 aromatic carbocycles. The summed E-state index contributed by atoms with van der Waals surface area (Å²) in [6.45, 7) is 2.23. The zero-order valence-corrected chi connectivity index (χ0v) is 14.1. The number of hydrogen-bond donors (Lipinski definition) is 0. The van der Waals surface area contributed by atoms with Crippen LogP contribution in [-0.2, 0) is 16.5 Å². The molecule has 0 aromatic heterocycles. The second-order valence-electron chi connectivity index (χ2n) is 5.32. The summed E-state index contributed by atoms with van der Waals surface area (Å²) in [6.07, 6.45) is 11.2. The topological polar surface area (TPSA) is 57.2 Å². The predicted molar refractivity (Wildman–Crippen MR) is 80.7 cm³/mol. The molecule has 0 bridgehead atoms. The van der Waals surface area contributed by atoms with Crippen LogP contribution < -0.4 is 18.9 Å². The van der Waals surface area contributed by atoms with E-state index in [2.05, 4.69) is 6.92 Å². The first kappa shape index (κ1) is 20.7. The Morgan fingerprint density at radius 1 is 0.857 bits per heavy atom. The first-order valence-corrected chi connectivity index (χ1v) is 8.99. The van der Waals surface area contributed by atoms with Crippen molar-refractivity contribution in [2.24, 2.45) is 0 Å². The normalized spacial score (nSPS) is 11.1. The average molecular weight is 304 g/mol. The Bertz CT molecular complexity index is 469. The third-order valence-corrected chi connectivity index (χ3v) is 4.38. The number of hydrogen-bond acceptors (Lipinski definition) is 3. The Morgan fingerprint density at radius 2 is 1.33 bits per heavy atom. The van der Waals surface area contributed by atoms with Crippen LogP contribution in [-0.4, -0.2) is 13.0 Å². The van der Waals surface area contributed by atoms with Crippen LogP contribution in [0.25, 0.3) is 0 Å². The summed E-state index contributed by atoms with van der Waals surface area (Å²) in [5, 5.41) is 0. The van der Waals surface area contributed by atoms with Crippen LogP contribution in [0.15, 0.2) is 29.2 Å². The van der Waals surface area contributed by atoms with Crippen LogP contribution in [0.2, 0.25) is 0 Å². The molecule has 0 aliphatic heterocycles. The minimum Gasteiger partial charge on any atom is -0.744 e. The van der Waals surface area contributed by atoms with E-state index in [4.69, 9.17) is 0 Å². The Morgan fingerprint density at radius 3 is 1.81 bits per heavy atom. The van der Waals surface area contributed by atoms with Crippen LogP contribution in [0.1, 0.15) is 63.9 Å². The zero-order valence-electron chi connectivity index (χ0n) is 13.3. The van der Waals surface area contributed by atoms with Gasteiger partial charge in [-0.3, -0.25) is 0 Å². The third kappa shape index (κ3) is 9.37. The predicted octanol–water partition coefficient (Wildman–Crippen LogP) is 1.28. The molecule has 0 radical (unpaired) electrons. The summed E-state index contributed by atoms with van der Waals surface area (Å²) >= 11 is 0. The van der Waals surface area contributed by atoms with Gasteiger partial charge in [0.05, 0.1) is 4.90 Å². The Kier molecular flexibility index (Phi) is 11.2. The Hall–Kier alpha value is -0.273. The maximum atomic E-state index is 10.8. The minimum absolute atomic E-state index is 0. The van der Waals surface area contributed by atoms with Gasteiger partial charge in [0, 0.05) is 0 Å². The standard InChI is InChI=1S/C16H26O3S.Li/c1-2-3-4-5-6-7-8-9-10-15-11-13-16(14-12-15)20(17,18)19;/h11-14H,2-10H2,1H3,(H,17,18,19);/q;+1/p-1. The average Bonchev–Trinajstić information content (AvgIpc) is 2.41. The van der Waals surface area contributed by atoms with E-state index >= 15 is 0 Å². The van der Waals surface area contributed by atoms with Crippen molar-refractivity contribution in [2.45, 2.75) is 69.6 Å². The van der Waals surface area contributed by atoms with Gasteiger partial charge in [0.2, 0.25) is 0 Å². The molecular formula is C16H25LiO3S. The van der Waals surface area contributed by atoms with Gasteiger partial charge in [0.15, 0.2) is 0 Å². The molecule has 0 heterocycles. The van der Waals surface area contributed by atoms with Crippen molar-refractivity contribution < 1.29 is 31.8 Å². The first-order valence-electron chi connectivity index (χ1n) is 7.59. The summed E-state index contributed by atoms with van der Waals surface area (Å²) in [6, 6.07) is 6.29. The van der Waals surface area contributed by atoms with Crippen LogP contribution >= 0.6 is 0 Å². The molecule has 114 valence electrons. The SMILES string of the molecule is CCCCCCCCCCc1ccc(S(=O)(=O)[O-])cc1.[Li+]. The van der Waals surface area contributed by atoms with E-state index in [0.29, 0.717) is 0 Å². The molecule has 0 amide bonds. The van der Waals surface area contributed by atoms with E-state index in [9.17, 15) is 13.0 Å². The van der Waals surface area contributed by atoms with Gasteiger partial charge in [0.1, 0.15) is 10.1 Å². The summed E-state index contributed by atoms with van der Waals surface area (Å²) in [7, 11) is -4.31. The molecule has 0 spiro atoms. The molecule has 0 aliphatic rings. The van der Waals surface area contributed by atoms with E-state index in [1.54, 1.807) is 12.1 Å². The first-order chi connectivity index (χ1) is 9.54. The number of benzene rings is 1. The number of unbranched alkanes of at least 4 members (excludes halogenated alkanes) is 7. The molecule has 0 saturated carbocycles. The molecule has 5 heteroatoms. The monoisotopic (exact) mass is 304 g/mol. The maximum Gasteiger partial charge on any atom is 1.00 e. The smallest absolute Gasteiger partial charge is 0.744 e. The summed E-state index contributed by atoms with van der Waals surface area (Å²) in [5.41, 5.74) is 1.10. The molecule has 1 rings (SSSR count). The van der Waals surface area contributed by atoms with Crippen molar-refractivity contribution in [2.75, 3.05) is 0 Å². The zero-order chi connectivity index (χ0) is 14.8. The quantitative estimate of drug-likeness (QED) is 0.372. The molecule has 0 N–H and O–H groups in total. The molecule has 0 atom stereocenters. The largest absolute Gasteiger partial charge is 1.00 e. The van der Waals surface area contributed by atoms with Crippen LogP contribution in [0, 0.1) is 0 Å². The Balaban J connectivity index is 0.00000400. The van der Waals surface area contributed by atoms with Gasteiger partial charge in [-0.15, -0.1) is 0 Å². The number of rotatable bonds is 10. The molecule has 0 fully saturated rings. The van der Waals surface area contributed by atoms with Crippen molar-refractivity contribution in [1.82, 2.24) is 0 Å². The molecule has 3 nitrogen and oxygen atoms in total. The van der Waals surface area contributed by atoms with Gasteiger partial charge in [-0.05, 0) is 30.5 Å². The summed E-state index contributed by atoms with van der Waals surface area (Å²) in [4.78, 5) is -0.142. The molecule has 21 heavy (non-hydrogen) atoms. The van der Waals surface area contributed by atoms with E-state index in [1.807, 2.05) is 0 Å². The van der Waals surface area contributed by atoms with Gasteiger partial charge >= 0.3 is 18.9 Å². The maximum absolute atomic E-state index is 10.8. The van der Waals surface area contributed by atoms with Crippen molar-refractivity contribution in [1.29, 1.82) is 0 Å². The van der Waals surface area contributed by atoms with Crippen LogP contribution in [0.5, 0.6) is 0 Å². The van der Waals surface area contributed by atoms with E-state index in [-0.39, 0.29) is 23.8 Å². The van der Waals surface area contributed by atoms with Crippen LogP contribution in [0.3, 0.4) is 0 Å². The molecule has 0 saturated heterocycles. The van der Waals surface area contributed by atoms with Crippen molar-refractivity contribution in [3.63, 3.8) is 0 Å². The van der Waals surface area contributed by atoms with Crippen molar-refractivity contribution >= 4 is 10.1 Å². The third-order valence-electron chi connectivity index (χ3n) is 3.53. The fourth-order valence-corrected chi connectivity index (χ4v) is 2.76. The van der Waals surface area contributed by atoms with Crippen molar-refractivity contribution in [3.05, 3.63) is 29.8 Å². The second-order valence-corrected chi connectivity index (χ2v) is 6.70. The van der Waals surface area contributed by atoms with E-state index in [0.717, 1.165) is 18.4 Å². The molecular weight excluding hydrogens is 279 g/mol. The Labute approximate surface area is 141 Å². The molecule has 0 aliphatic carbocycles. The van der Waals surface area contributed by atoms with Crippen LogP contribution in [0.4, 0.5) is 0 Å². The minimum atomic E-state index is -4.31. The summed E-state index contributed by atoms with van der Waals surface area (Å²) in [5.74, 6) is 0. The van der Waals surface area contributed by atoms with Gasteiger partial charge in [-0.2, -0.15) is 0 Å². The molecule has 1 aromatic rings.